The van der Waals surface area contributed by atoms with E-state index >= 15 is 0 Å². The van der Waals surface area contributed by atoms with Gasteiger partial charge in [0.05, 0.1) is 30.6 Å². The lowest BCUT2D eigenvalue weighted by Gasteiger charge is -2.27. The van der Waals surface area contributed by atoms with Crippen LogP contribution in [0.2, 0.25) is 0 Å². The molecule has 0 atom stereocenters. The van der Waals surface area contributed by atoms with E-state index in [4.69, 9.17) is 4.74 Å². The molecular weight excluding hydrogens is 316 g/mol. The van der Waals surface area contributed by atoms with E-state index in [0.717, 1.165) is 43.0 Å². The van der Waals surface area contributed by atoms with Crippen LogP contribution in [-0.2, 0) is 4.74 Å². The van der Waals surface area contributed by atoms with E-state index in [1.165, 1.54) is 0 Å². The maximum atomic E-state index is 12.6. The van der Waals surface area contributed by atoms with Crippen molar-refractivity contribution in [2.75, 3.05) is 36.5 Å². The number of carbonyl (C=O) groups excluding carboxylic acids is 1. The van der Waals surface area contributed by atoms with Crippen molar-refractivity contribution in [3.05, 3.63) is 60.4 Å². The van der Waals surface area contributed by atoms with Crippen molar-refractivity contribution < 1.29 is 9.53 Å². The van der Waals surface area contributed by atoms with Gasteiger partial charge in [-0.2, -0.15) is 0 Å². The summed E-state index contributed by atoms with van der Waals surface area (Å²) in [6.45, 7) is 3.11. The van der Waals surface area contributed by atoms with Crippen LogP contribution in [0.25, 0.3) is 10.9 Å². The SMILES string of the molecule is O=C(Nc1ccc(N2CCOCC2)nc1)c1cccc2ncccc12. The van der Waals surface area contributed by atoms with Crippen LogP contribution in [0.4, 0.5) is 11.5 Å². The van der Waals surface area contributed by atoms with Gasteiger partial charge in [-0.3, -0.25) is 9.78 Å². The molecular formula is C19H18N4O2. The van der Waals surface area contributed by atoms with Crippen molar-refractivity contribution in [1.82, 2.24) is 9.97 Å². The van der Waals surface area contributed by atoms with Gasteiger partial charge in [0.2, 0.25) is 0 Å². The van der Waals surface area contributed by atoms with E-state index in [1.807, 2.05) is 36.4 Å². The molecule has 4 rings (SSSR count). The highest BCUT2D eigenvalue weighted by Gasteiger charge is 2.13. The van der Waals surface area contributed by atoms with Crippen molar-refractivity contribution >= 4 is 28.3 Å². The fourth-order valence-corrected chi connectivity index (χ4v) is 2.94. The minimum absolute atomic E-state index is 0.167. The number of amides is 1. The number of aromatic nitrogens is 2. The molecule has 2 aromatic heterocycles. The molecule has 25 heavy (non-hydrogen) atoms. The van der Waals surface area contributed by atoms with E-state index in [0.29, 0.717) is 11.3 Å². The second-order valence-electron chi connectivity index (χ2n) is 5.83. The van der Waals surface area contributed by atoms with Crippen molar-refractivity contribution in [3.63, 3.8) is 0 Å². The van der Waals surface area contributed by atoms with Crippen LogP contribution in [0.3, 0.4) is 0 Å². The molecule has 1 aromatic carbocycles. The second-order valence-corrected chi connectivity index (χ2v) is 5.83. The minimum atomic E-state index is -0.167. The molecule has 6 nitrogen and oxygen atoms in total. The minimum Gasteiger partial charge on any atom is -0.378 e. The van der Waals surface area contributed by atoms with E-state index in [1.54, 1.807) is 18.5 Å². The van der Waals surface area contributed by atoms with Crippen LogP contribution in [0.15, 0.2) is 54.9 Å². The Balaban J connectivity index is 1.52. The van der Waals surface area contributed by atoms with Crippen LogP contribution in [0.1, 0.15) is 10.4 Å². The Morgan fingerprint density at radius 3 is 2.72 bits per heavy atom. The Morgan fingerprint density at radius 2 is 1.92 bits per heavy atom. The van der Waals surface area contributed by atoms with Gasteiger partial charge in [-0.15, -0.1) is 0 Å². The zero-order chi connectivity index (χ0) is 17.1. The third-order valence-corrected chi connectivity index (χ3v) is 4.23. The highest BCUT2D eigenvalue weighted by Crippen LogP contribution is 2.19. The Morgan fingerprint density at radius 1 is 1.04 bits per heavy atom. The Labute approximate surface area is 145 Å². The van der Waals surface area contributed by atoms with Crippen LogP contribution in [0, 0.1) is 0 Å². The fourth-order valence-electron chi connectivity index (χ4n) is 2.94. The normalized spacial score (nSPS) is 14.5. The van der Waals surface area contributed by atoms with Crippen molar-refractivity contribution in [3.8, 4) is 0 Å². The molecule has 0 unspecified atom stereocenters. The molecule has 6 heteroatoms. The van der Waals surface area contributed by atoms with Gasteiger partial charge in [0.25, 0.3) is 5.91 Å². The van der Waals surface area contributed by atoms with E-state index in [2.05, 4.69) is 20.2 Å². The first-order valence-corrected chi connectivity index (χ1v) is 8.25. The van der Waals surface area contributed by atoms with Crippen LogP contribution < -0.4 is 10.2 Å². The predicted octanol–water partition coefficient (Wildman–Crippen LogP) is 2.72. The Bertz CT molecular complexity index is 884. The monoisotopic (exact) mass is 334 g/mol. The van der Waals surface area contributed by atoms with Gasteiger partial charge in [0.15, 0.2) is 0 Å². The summed E-state index contributed by atoms with van der Waals surface area (Å²) >= 11 is 0. The number of pyridine rings is 2. The highest BCUT2D eigenvalue weighted by atomic mass is 16.5. The molecule has 1 aliphatic rings. The number of nitrogens with one attached hydrogen (secondary N) is 1. The van der Waals surface area contributed by atoms with Crippen molar-refractivity contribution in [2.45, 2.75) is 0 Å². The molecule has 1 saturated heterocycles. The number of nitrogens with zero attached hydrogens (tertiary/aromatic N) is 3. The molecule has 1 amide bonds. The Kier molecular flexibility index (Phi) is 4.26. The van der Waals surface area contributed by atoms with Gasteiger partial charge in [-0.05, 0) is 30.3 Å². The first-order valence-electron chi connectivity index (χ1n) is 8.25. The number of benzene rings is 1. The molecule has 0 spiro atoms. The van der Waals surface area contributed by atoms with Gasteiger partial charge < -0.3 is 15.0 Å². The third kappa shape index (κ3) is 3.29. The average Bonchev–Trinajstić information content (AvgIpc) is 2.69. The van der Waals surface area contributed by atoms with Crippen LogP contribution >= 0.6 is 0 Å². The smallest absolute Gasteiger partial charge is 0.256 e. The summed E-state index contributed by atoms with van der Waals surface area (Å²) in [6, 6.07) is 13.1. The lowest BCUT2D eigenvalue weighted by atomic mass is 10.1. The number of hydrogen-bond acceptors (Lipinski definition) is 5. The molecule has 3 heterocycles. The standard InChI is InChI=1S/C19H18N4O2/c24-19(16-3-1-5-17-15(16)4-2-8-20-17)22-14-6-7-18(21-13-14)23-9-11-25-12-10-23/h1-8,13H,9-12H2,(H,22,24). The van der Waals surface area contributed by atoms with E-state index in [-0.39, 0.29) is 5.91 Å². The van der Waals surface area contributed by atoms with E-state index in [9.17, 15) is 4.79 Å². The van der Waals surface area contributed by atoms with Gasteiger partial charge in [0, 0.05) is 30.2 Å². The molecule has 126 valence electrons. The maximum Gasteiger partial charge on any atom is 0.256 e. The van der Waals surface area contributed by atoms with Crippen molar-refractivity contribution in [2.24, 2.45) is 0 Å². The van der Waals surface area contributed by atoms with E-state index < -0.39 is 0 Å². The molecule has 0 saturated carbocycles. The summed E-state index contributed by atoms with van der Waals surface area (Å²) in [5, 5.41) is 3.74. The van der Waals surface area contributed by atoms with Gasteiger partial charge in [-0.1, -0.05) is 12.1 Å². The summed E-state index contributed by atoms with van der Waals surface area (Å²) in [7, 11) is 0. The molecule has 0 bridgehead atoms. The highest BCUT2D eigenvalue weighted by molar-refractivity contribution is 6.12. The van der Waals surface area contributed by atoms with Crippen LogP contribution in [-0.4, -0.2) is 42.2 Å². The summed E-state index contributed by atoms with van der Waals surface area (Å²) in [5.41, 5.74) is 2.07. The number of fused-ring (bicyclic) bond motifs is 1. The summed E-state index contributed by atoms with van der Waals surface area (Å²) in [6.07, 6.45) is 3.41. The lowest BCUT2D eigenvalue weighted by molar-refractivity contribution is 0.102. The number of morpholine rings is 1. The number of rotatable bonds is 3. The Hall–Kier alpha value is -2.99. The number of anilines is 2. The maximum absolute atomic E-state index is 12.6. The zero-order valence-electron chi connectivity index (χ0n) is 13.7. The first-order chi connectivity index (χ1) is 12.3. The topological polar surface area (TPSA) is 67.4 Å². The molecule has 1 aliphatic heterocycles. The summed E-state index contributed by atoms with van der Waals surface area (Å²) in [5.74, 6) is 0.732. The summed E-state index contributed by atoms with van der Waals surface area (Å²) < 4.78 is 5.35. The second kappa shape index (κ2) is 6.86. The number of ether oxygens (including phenoxy) is 1. The van der Waals surface area contributed by atoms with Crippen LogP contribution in [0.5, 0.6) is 0 Å². The van der Waals surface area contributed by atoms with Gasteiger partial charge in [0.1, 0.15) is 5.82 Å². The molecule has 1 fully saturated rings. The number of carbonyl (C=O) groups is 1. The lowest BCUT2D eigenvalue weighted by Crippen LogP contribution is -2.36. The number of hydrogen-bond donors (Lipinski definition) is 1. The average molecular weight is 334 g/mol. The molecule has 0 radical (unpaired) electrons. The predicted molar refractivity (Wildman–Crippen MR) is 97.0 cm³/mol. The van der Waals surface area contributed by atoms with Crippen molar-refractivity contribution in [1.29, 1.82) is 0 Å². The van der Waals surface area contributed by atoms with Gasteiger partial charge >= 0.3 is 0 Å². The third-order valence-electron chi connectivity index (χ3n) is 4.23. The molecule has 0 aliphatic carbocycles. The summed E-state index contributed by atoms with van der Waals surface area (Å²) in [4.78, 5) is 23.5. The fraction of sp³-hybridized carbons (Fsp3) is 0.211. The molecule has 3 aromatic rings. The van der Waals surface area contributed by atoms with Gasteiger partial charge in [-0.25, -0.2) is 4.98 Å². The zero-order valence-corrected chi connectivity index (χ0v) is 13.7. The molecule has 1 N–H and O–H groups in total. The largest absolute Gasteiger partial charge is 0.378 e. The first kappa shape index (κ1) is 15.5. The quantitative estimate of drug-likeness (QED) is 0.798.